The highest BCUT2D eigenvalue weighted by molar-refractivity contribution is 9.10. The summed E-state index contributed by atoms with van der Waals surface area (Å²) in [6, 6.07) is 3.68. The lowest BCUT2D eigenvalue weighted by Gasteiger charge is -2.10. The number of aryl methyl sites for hydroxylation is 1. The summed E-state index contributed by atoms with van der Waals surface area (Å²) in [4.78, 5) is 8.98. The van der Waals surface area contributed by atoms with E-state index in [9.17, 15) is 0 Å². The van der Waals surface area contributed by atoms with Gasteiger partial charge >= 0.3 is 0 Å². The molecule has 0 aromatic carbocycles. The molecule has 0 radical (unpaired) electrons. The summed E-state index contributed by atoms with van der Waals surface area (Å²) in [6.07, 6.45) is 0.830. The molecule has 2 aromatic heterocycles. The summed E-state index contributed by atoms with van der Waals surface area (Å²) in [6.45, 7) is 4.90. The Kier molecular flexibility index (Phi) is 4.40. The number of furan rings is 1. The first-order valence-electron chi connectivity index (χ1n) is 5.71. The first kappa shape index (κ1) is 13.5. The maximum absolute atomic E-state index is 5.49. The molecule has 0 saturated carbocycles. The molecule has 0 aliphatic rings. The van der Waals surface area contributed by atoms with Crippen molar-refractivity contribution in [2.75, 3.05) is 11.9 Å². The number of hydrogen-bond donors (Lipinski definition) is 1. The molecule has 18 heavy (non-hydrogen) atoms. The molecular weight excluding hydrogens is 362 g/mol. The first-order chi connectivity index (χ1) is 8.65. The molecule has 0 aliphatic heterocycles. The van der Waals surface area contributed by atoms with Crippen LogP contribution in [0.15, 0.2) is 25.7 Å². The maximum Gasteiger partial charge on any atom is 0.197 e. The third-order valence-electron chi connectivity index (χ3n) is 2.39. The van der Waals surface area contributed by atoms with E-state index in [1.807, 2.05) is 19.1 Å². The van der Waals surface area contributed by atoms with Gasteiger partial charge in [-0.05, 0) is 57.3 Å². The molecule has 6 heteroatoms. The van der Waals surface area contributed by atoms with Gasteiger partial charge < -0.3 is 9.73 Å². The predicted molar refractivity (Wildman–Crippen MR) is 78.7 cm³/mol. The minimum absolute atomic E-state index is 0.594. The molecule has 0 atom stereocenters. The molecule has 2 aromatic rings. The Morgan fingerprint density at radius 3 is 2.56 bits per heavy atom. The number of halogens is 2. The smallest absolute Gasteiger partial charge is 0.197 e. The van der Waals surface area contributed by atoms with Crippen molar-refractivity contribution in [1.82, 2.24) is 9.97 Å². The second-order valence-electron chi connectivity index (χ2n) is 3.64. The number of rotatable bonds is 4. The molecular formula is C12H13Br2N3O. The van der Waals surface area contributed by atoms with Crippen molar-refractivity contribution in [3.8, 4) is 11.6 Å². The van der Waals surface area contributed by atoms with Crippen LogP contribution in [0.5, 0.6) is 0 Å². The van der Waals surface area contributed by atoms with E-state index in [0.29, 0.717) is 16.3 Å². The number of hydrogen-bond acceptors (Lipinski definition) is 4. The van der Waals surface area contributed by atoms with Crippen molar-refractivity contribution in [3.63, 3.8) is 0 Å². The van der Waals surface area contributed by atoms with Gasteiger partial charge in [-0.1, -0.05) is 6.92 Å². The molecule has 2 heterocycles. The van der Waals surface area contributed by atoms with E-state index in [2.05, 4.69) is 54.1 Å². The largest absolute Gasteiger partial charge is 0.446 e. The normalized spacial score (nSPS) is 10.7. The van der Waals surface area contributed by atoms with Gasteiger partial charge in [0, 0.05) is 6.54 Å². The van der Waals surface area contributed by atoms with Gasteiger partial charge in [-0.3, -0.25) is 0 Å². The van der Waals surface area contributed by atoms with Crippen molar-refractivity contribution in [1.29, 1.82) is 0 Å². The van der Waals surface area contributed by atoms with Crippen molar-refractivity contribution >= 4 is 37.7 Å². The van der Waals surface area contributed by atoms with E-state index >= 15 is 0 Å². The molecule has 0 unspecified atom stereocenters. The second-order valence-corrected chi connectivity index (χ2v) is 5.22. The number of nitrogens with zero attached hydrogens (tertiary/aromatic N) is 2. The fourth-order valence-corrected chi connectivity index (χ4v) is 2.46. The van der Waals surface area contributed by atoms with Crippen LogP contribution in [-0.4, -0.2) is 16.5 Å². The fourth-order valence-electron chi connectivity index (χ4n) is 1.56. The van der Waals surface area contributed by atoms with Crippen molar-refractivity contribution in [2.45, 2.75) is 20.3 Å². The maximum atomic E-state index is 5.49. The zero-order valence-corrected chi connectivity index (χ0v) is 13.3. The summed E-state index contributed by atoms with van der Waals surface area (Å²) < 4.78 is 7.08. The fraction of sp³-hybridized carbons (Fsp3) is 0.333. The van der Waals surface area contributed by atoms with Gasteiger partial charge in [-0.25, -0.2) is 9.97 Å². The highest BCUT2D eigenvalue weighted by Gasteiger charge is 2.14. The van der Waals surface area contributed by atoms with Gasteiger partial charge in [0.05, 0.1) is 10.2 Å². The number of aromatic nitrogens is 2. The van der Waals surface area contributed by atoms with Crippen LogP contribution in [0.3, 0.4) is 0 Å². The van der Waals surface area contributed by atoms with Crippen molar-refractivity contribution in [2.24, 2.45) is 0 Å². The standard InChI is InChI=1S/C12H13Br2N3O/c1-3-7-10(14)12(15-4-2)17-11(16-7)8-5-6-9(13)18-8/h5-6H,3-4H2,1-2H3,(H,15,16,17). The van der Waals surface area contributed by atoms with Crippen molar-refractivity contribution in [3.05, 3.63) is 27.0 Å². The van der Waals surface area contributed by atoms with Gasteiger partial charge in [0.15, 0.2) is 16.3 Å². The quantitative estimate of drug-likeness (QED) is 0.868. The highest BCUT2D eigenvalue weighted by Crippen LogP contribution is 2.29. The summed E-state index contributed by atoms with van der Waals surface area (Å²) in [5.41, 5.74) is 0.962. The number of anilines is 1. The summed E-state index contributed by atoms with van der Waals surface area (Å²) in [5.74, 6) is 2.05. The van der Waals surface area contributed by atoms with Gasteiger partial charge in [0.25, 0.3) is 0 Å². The summed E-state index contributed by atoms with van der Waals surface area (Å²) >= 11 is 6.81. The Labute approximate surface area is 122 Å². The number of nitrogens with one attached hydrogen (secondary N) is 1. The van der Waals surface area contributed by atoms with Crippen LogP contribution in [0, 0.1) is 0 Å². The Balaban J connectivity index is 2.51. The van der Waals surface area contributed by atoms with Crippen molar-refractivity contribution < 1.29 is 4.42 Å². The summed E-state index contributed by atoms with van der Waals surface area (Å²) in [7, 11) is 0. The molecule has 0 aliphatic carbocycles. The Morgan fingerprint density at radius 1 is 1.22 bits per heavy atom. The monoisotopic (exact) mass is 373 g/mol. The van der Waals surface area contributed by atoms with Crippen LogP contribution >= 0.6 is 31.9 Å². The minimum Gasteiger partial charge on any atom is -0.446 e. The Hall–Kier alpha value is -0.880. The summed E-state index contributed by atoms with van der Waals surface area (Å²) in [5, 5.41) is 3.22. The molecule has 0 amide bonds. The van der Waals surface area contributed by atoms with Gasteiger partial charge in [0.2, 0.25) is 0 Å². The van der Waals surface area contributed by atoms with Gasteiger partial charge in [0.1, 0.15) is 5.82 Å². The Bertz CT molecular complexity index is 554. The van der Waals surface area contributed by atoms with Crippen LogP contribution in [0.1, 0.15) is 19.5 Å². The average molecular weight is 375 g/mol. The molecule has 1 N–H and O–H groups in total. The molecule has 0 fully saturated rings. The minimum atomic E-state index is 0.594. The van der Waals surface area contributed by atoms with E-state index in [4.69, 9.17) is 4.42 Å². The highest BCUT2D eigenvalue weighted by atomic mass is 79.9. The molecule has 96 valence electrons. The first-order valence-corrected chi connectivity index (χ1v) is 7.30. The van der Waals surface area contributed by atoms with E-state index in [-0.39, 0.29) is 0 Å². The van der Waals surface area contributed by atoms with E-state index in [1.54, 1.807) is 0 Å². The Morgan fingerprint density at radius 2 is 2.00 bits per heavy atom. The topological polar surface area (TPSA) is 51.0 Å². The third kappa shape index (κ3) is 2.75. The lowest BCUT2D eigenvalue weighted by atomic mass is 10.3. The SMILES string of the molecule is CCNc1nc(-c2ccc(Br)o2)nc(CC)c1Br. The van der Waals surface area contributed by atoms with Crippen LogP contribution in [-0.2, 0) is 6.42 Å². The predicted octanol–water partition coefficient (Wildman–Crippen LogP) is 4.26. The van der Waals surface area contributed by atoms with Crippen LogP contribution in [0.2, 0.25) is 0 Å². The van der Waals surface area contributed by atoms with Crippen LogP contribution < -0.4 is 5.32 Å². The van der Waals surface area contributed by atoms with E-state index in [0.717, 1.165) is 29.0 Å². The molecule has 4 nitrogen and oxygen atoms in total. The van der Waals surface area contributed by atoms with E-state index < -0.39 is 0 Å². The average Bonchev–Trinajstić information content (AvgIpc) is 2.79. The zero-order valence-electron chi connectivity index (χ0n) is 10.1. The third-order valence-corrected chi connectivity index (χ3v) is 3.65. The van der Waals surface area contributed by atoms with Gasteiger partial charge in [-0.15, -0.1) is 0 Å². The van der Waals surface area contributed by atoms with Crippen LogP contribution in [0.4, 0.5) is 5.82 Å². The van der Waals surface area contributed by atoms with Crippen LogP contribution in [0.25, 0.3) is 11.6 Å². The molecule has 0 saturated heterocycles. The zero-order chi connectivity index (χ0) is 13.1. The molecule has 0 spiro atoms. The molecule has 2 rings (SSSR count). The lowest BCUT2D eigenvalue weighted by molar-refractivity contribution is 0.551. The van der Waals surface area contributed by atoms with E-state index in [1.165, 1.54) is 0 Å². The lowest BCUT2D eigenvalue weighted by Crippen LogP contribution is -2.05. The molecule has 0 bridgehead atoms. The second kappa shape index (κ2) is 5.84. The van der Waals surface area contributed by atoms with Gasteiger partial charge in [-0.2, -0.15) is 0 Å².